The van der Waals surface area contributed by atoms with E-state index in [-0.39, 0.29) is 24.6 Å². The molecule has 0 bridgehead atoms. The third kappa shape index (κ3) is 8.26. The average molecular weight is 522 g/mol. The Morgan fingerprint density at radius 1 is 0.971 bits per heavy atom. The molecule has 3 rings (SSSR count). The summed E-state index contributed by atoms with van der Waals surface area (Å²) >= 11 is 0. The molecule has 35 heavy (non-hydrogen) atoms. The van der Waals surface area contributed by atoms with Crippen LogP contribution in [0.25, 0.3) is 11.1 Å². The number of sulfonamides is 1. The molecule has 0 fully saturated rings. The van der Waals surface area contributed by atoms with Gasteiger partial charge in [0.25, 0.3) is 5.89 Å². The maximum absolute atomic E-state index is 12.8. The quantitative estimate of drug-likeness (QED) is 0.256. The van der Waals surface area contributed by atoms with Crippen LogP contribution in [0.1, 0.15) is 41.9 Å². The summed E-state index contributed by atoms with van der Waals surface area (Å²) in [4.78, 5) is 28.8. The van der Waals surface area contributed by atoms with Crippen molar-refractivity contribution < 1.29 is 30.8 Å². The van der Waals surface area contributed by atoms with E-state index in [0.29, 0.717) is 29.5 Å². The lowest BCUT2D eigenvalue weighted by molar-refractivity contribution is -0.121. The fourth-order valence-corrected chi connectivity index (χ4v) is 6.30. The van der Waals surface area contributed by atoms with Crippen molar-refractivity contribution in [2.75, 3.05) is 12.8 Å². The van der Waals surface area contributed by atoms with Crippen molar-refractivity contribution in [3.63, 3.8) is 0 Å². The topological polar surface area (TPSA) is 153 Å². The molecule has 10 nitrogen and oxygen atoms in total. The number of sulfone groups is 1. The summed E-state index contributed by atoms with van der Waals surface area (Å²) in [5, 5.41) is 0.983. The highest BCUT2D eigenvalue weighted by atomic mass is 32.2. The number of Topliss-reactive ketones (excluding diaryl/α,β-unsaturated/α-hetero) is 1. The summed E-state index contributed by atoms with van der Waals surface area (Å²) in [6.45, 7) is 0.198. The average Bonchev–Trinajstić information content (AvgIpc) is 3.22. The maximum atomic E-state index is 12.8. The Balaban J connectivity index is 1.48. The predicted molar refractivity (Wildman–Crippen MR) is 131 cm³/mol. The summed E-state index contributed by atoms with van der Waals surface area (Å²) in [7, 11) is -7.89. The first kappa shape index (κ1) is 26.5. The molecule has 12 heteroatoms. The number of oxazole rings is 1. The van der Waals surface area contributed by atoms with E-state index in [0.717, 1.165) is 6.26 Å². The number of amides is 1. The monoisotopic (exact) mass is 521 g/mol. The zero-order valence-electron chi connectivity index (χ0n) is 19.1. The molecule has 0 radical (unpaired) electrons. The van der Waals surface area contributed by atoms with Gasteiger partial charge in [0.05, 0.1) is 18.4 Å². The van der Waals surface area contributed by atoms with Gasteiger partial charge < -0.3 is 9.73 Å². The molecule has 1 aromatic heterocycles. The van der Waals surface area contributed by atoms with Crippen LogP contribution in [0.15, 0.2) is 59.0 Å². The van der Waals surface area contributed by atoms with Gasteiger partial charge in [0.1, 0.15) is 10.9 Å². The Morgan fingerprint density at radius 3 is 2.34 bits per heavy atom. The third-order valence-corrected chi connectivity index (χ3v) is 7.79. The maximum Gasteiger partial charge on any atom is 0.264 e. The number of carbonyl (C=O) groups is 2. The molecule has 1 atom stereocenters. The molecule has 0 saturated heterocycles. The first-order chi connectivity index (χ1) is 16.5. The van der Waals surface area contributed by atoms with Crippen LogP contribution < -0.4 is 10.0 Å². The van der Waals surface area contributed by atoms with Crippen LogP contribution in [0, 0.1) is 0 Å². The molecule has 1 unspecified atom stereocenters. The minimum absolute atomic E-state index is 0.0357. The van der Waals surface area contributed by atoms with Crippen molar-refractivity contribution in [2.45, 2.75) is 36.8 Å². The van der Waals surface area contributed by atoms with Gasteiger partial charge in [-0.3, -0.25) is 9.59 Å². The van der Waals surface area contributed by atoms with Crippen molar-refractivity contribution in [3.05, 3.63) is 66.1 Å². The van der Waals surface area contributed by atoms with Crippen LogP contribution in [-0.2, 0) is 30.4 Å². The summed E-state index contributed by atoms with van der Waals surface area (Å²) in [6.07, 6.45) is 1.36. The van der Waals surface area contributed by atoms with Gasteiger partial charge >= 0.3 is 0 Å². The standard InChI is InChI=1S/C23H27N3O7S2/c1-34(29,30)26-22(35(31,32)16-17-9-3-2-4-10-17)15-21(28)24-14-8-7-12-19(27)23-25-18-11-5-6-13-20(18)33-23/h2-6,9-11,13,22,26H,7-8,12,14-16H2,1H3,(H,24,28). The number of para-hydroxylation sites is 2. The third-order valence-electron chi connectivity index (χ3n) is 5.05. The molecule has 0 saturated carbocycles. The van der Waals surface area contributed by atoms with E-state index >= 15 is 0 Å². The van der Waals surface area contributed by atoms with Gasteiger partial charge in [-0.05, 0) is 30.5 Å². The lowest BCUT2D eigenvalue weighted by Crippen LogP contribution is -2.44. The molecule has 2 N–H and O–H groups in total. The smallest absolute Gasteiger partial charge is 0.264 e. The van der Waals surface area contributed by atoms with Crippen LogP contribution in [0.5, 0.6) is 0 Å². The molecular weight excluding hydrogens is 494 g/mol. The molecule has 2 aromatic carbocycles. The van der Waals surface area contributed by atoms with Gasteiger partial charge in [0.2, 0.25) is 21.7 Å². The number of hydrogen-bond donors (Lipinski definition) is 2. The van der Waals surface area contributed by atoms with Gasteiger partial charge in [-0.2, -0.15) is 4.72 Å². The Labute approximate surface area is 204 Å². The summed E-state index contributed by atoms with van der Waals surface area (Å²) in [6, 6.07) is 15.3. The lowest BCUT2D eigenvalue weighted by Gasteiger charge is -2.18. The van der Waals surface area contributed by atoms with Crippen LogP contribution >= 0.6 is 0 Å². The largest absolute Gasteiger partial charge is 0.434 e. The number of unbranched alkanes of at least 4 members (excludes halogenated alkanes) is 1. The van der Waals surface area contributed by atoms with Crippen LogP contribution in [0.2, 0.25) is 0 Å². The number of aromatic nitrogens is 1. The highest BCUT2D eigenvalue weighted by Crippen LogP contribution is 2.17. The minimum Gasteiger partial charge on any atom is -0.434 e. The second-order valence-electron chi connectivity index (χ2n) is 8.09. The molecule has 0 spiro atoms. The van der Waals surface area contributed by atoms with Gasteiger partial charge in [-0.25, -0.2) is 21.8 Å². The highest BCUT2D eigenvalue weighted by molar-refractivity contribution is 7.93. The van der Waals surface area contributed by atoms with E-state index in [4.69, 9.17) is 4.42 Å². The molecule has 0 aliphatic carbocycles. The molecule has 1 amide bonds. The first-order valence-electron chi connectivity index (χ1n) is 10.9. The molecule has 0 aliphatic heterocycles. The van der Waals surface area contributed by atoms with Crippen molar-refractivity contribution in [1.29, 1.82) is 0 Å². The summed E-state index contributed by atoms with van der Waals surface area (Å²) in [5.74, 6) is -1.25. The fourth-order valence-electron chi connectivity index (χ4n) is 3.37. The second kappa shape index (κ2) is 11.6. The summed E-state index contributed by atoms with van der Waals surface area (Å²) in [5.41, 5.74) is 1.61. The molecule has 0 aliphatic rings. The number of hydrogen-bond acceptors (Lipinski definition) is 8. The molecule has 188 valence electrons. The second-order valence-corrected chi connectivity index (χ2v) is 12.1. The van der Waals surface area contributed by atoms with E-state index < -0.39 is 43.3 Å². The number of ketones is 1. The Morgan fingerprint density at radius 2 is 1.66 bits per heavy atom. The van der Waals surface area contributed by atoms with Gasteiger partial charge in [0.15, 0.2) is 15.4 Å². The van der Waals surface area contributed by atoms with Crippen molar-refractivity contribution in [3.8, 4) is 0 Å². The molecule has 1 heterocycles. The molecule has 3 aromatic rings. The SMILES string of the molecule is CS(=O)(=O)NC(CC(=O)NCCCCC(=O)c1nc2ccccc2o1)S(=O)(=O)Cc1ccccc1. The predicted octanol–water partition coefficient (Wildman–Crippen LogP) is 2.18. The number of nitrogens with one attached hydrogen (secondary N) is 2. The van der Waals surface area contributed by atoms with Crippen molar-refractivity contribution in [1.82, 2.24) is 15.0 Å². The normalized spacial score (nSPS) is 12.9. The number of benzene rings is 2. The van der Waals surface area contributed by atoms with E-state index in [2.05, 4.69) is 15.0 Å². The number of nitrogens with zero attached hydrogens (tertiary/aromatic N) is 1. The lowest BCUT2D eigenvalue weighted by atomic mass is 10.2. The number of fused-ring (bicyclic) bond motifs is 1. The van der Waals surface area contributed by atoms with E-state index in [1.807, 2.05) is 0 Å². The summed E-state index contributed by atoms with van der Waals surface area (Å²) < 4.78 is 56.5. The van der Waals surface area contributed by atoms with Gasteiger partial charge in [-0.15, -0.1) is 0 Å². The Hall–Kier alpha value is -3.09. The van der Waals surface area contributed by atoms with Crippen molar-refractivity contribution >= 4 is 42.7 Å². The van der Waals surface area contributed by atoms with Crippen LogP contribution in [0.4, 0.5) is 0 Å². The molecular formula is C23H27N3O7S2. The van der Waals surface area contributed by atoms with Gasteiger partial charge in [0, 0.05) is 13.0 Å². The fraction of sp³-hybridized carbons (Fsp3) is 0.348. The zero-order valence-corrected chi connectivity index (χ0v) is 20.8. The van der Waals surface area contributed by atoms with E-state index in [1.54, 1.807) is 54.6 Å². The van der Waals surface area contributed by atoms with Crippen LogP contribution in [0.3, 0.4) is 0 Å². The highest BCUT2D eigenvalue weighted by Gasteiger charge is 2.30. The van der Waals surface area contributed by atoms with Crippen molar-refractivity contribution in [2.24, 2.45) is 0 Å². The van der Waals surface area contributed by atoms with Gasteiger partial charge in [-0.1, -0.05) is 42.5 Å². The first-order valence-corrected chi connectivity index (χ1v) is 14.5. The van der Waals surface area contributed by atoms with E-state index in [9.17, 15) is 26.4 Å². The Kier molecular flexibility index (Phi) is 8.76. The Bertz CT molecular complexity index is 1350. The van der Waals surface area contributed by atoms with Crippen LogP contribution in [-0.4, -0.2) is 51.7 Å². The zero-order chi connectivity index (χ0) is 25.5. The number of carbonyl (C=O) groups excluding carboxylic acids is 2. The van der Waals surface area contributed by atoms with E-state index in [1.165, 1.54) is 0 Å². The number of rotatable bonds is 13. The minimum atomic E-state index is -4.01.